The molecule has 1 N–H and O–H groups in total. The summed E-state index contributed by atoms with van der Waals surface area (Å²) in [5.41, 5.74) is 0.0862. The van der Waals surface area contributed by atoms with Crippen molar-refractivity contribution in [3.8, 4) is 0 Å². The normalized spacial score (nSPS) is 14.6. The van der Waals surface area contributed by atoms with Gasteiger partial charge in [0, 0.05) is 19.0 Å². The van der Waals surface area contributed by atoms with Gasteiger partial charge in [-0.25, -0.2) is 8.42 Å². The average Bonchev–Trinajstić information content (AvgIpc) is 3.35. The van der Waals surface area contributed by atoms with Crippen LogP contribution < -0.4 is 5.32 Å². The van der Waals surface area contributed by atoms with Crippen molar-refractivity contribution >= 4 is 44.0 Å². The van der Waals surface area contributed by atoms with E-state index in [0.717, 1.165) is 17.8 Å². The molecule has 1 heterocycles. The number of nitrogens with zero attached hydrogens (tertiary/aromatic N) is 3. The third kappa shape index (κ3) is 3.90. The molecule has 1 aliphatic carbocycles. The number of hydrogen-bond donors (Lipinski definition) is 1. The Kier molecular flexibility index (Phi) is 5.61. The number of carbonyl (C=O) groups is 1. The van der Waals surface area contributed by atoms with Crippen molar-refractivity contribution in [3.05, 3.63) is 33.8 Å². The maximum absolute atomic E-state index is 12.7. The predicted molar refractivity (Wildman–Crippen MR) is 101 cm³/mol. The van der Waals surface area contributed by atoms with Crippen LogP contribution in [0.4, 0.5) is 5.13 Å². The highest BCUT2D eigenvalue weighted by molar-refractivity contribution is 7.89. The summed E-state index contributed by atoms with van der Waals surface area (Å²) >= 11 is 7.45. The Balaban J connectivity index is 1.85. The van der Waals surface area contributed by atoms with Gasteiger partial charge < -0.3 is 0 Å². The van der Waals surface area contributed by atoms with E-state index in [9.17, 15) is 13.2 Å². The lowest BCUT2D eigenvalue weighted by Crippen LogP contribution is -2.30. The molecule has 1 fully saturated rings. The smallest absolute Gasteiger partial charge is 0.259 e. The number of hydrogen-bond acceptors (Lipinski definition) is 6. The zero-order chi connectivity index (χ0) is 18.9. The van der Waals surface area contributed by atoms with Crippen LogP contribution in [0, 0.1) is 0 Å². The highest BCUT2D eigenvalue weighted by Gasteiger charge is 2.28. The topological polar surface area (TPSA) is 92.3 Å². The highest BCUT2D eigenvalue weighted by atomic mass is 35.5. The first-order chi connectivity index (χ1) is 12.4. The van der Waals surface area contributed by atoms with Crippen LogP contribution in [0.5, 0.6) is 0 Å². The molecule has 0 bridgehead atoms. The zero-order valence-corrected chi connectivity index (χ0v) is 16.8. The van der Waals surface area contributed by atoms with Crippen LogP contribution in [-0.4, -0.2) is 41.9 Å². The first-order valence-electron chi connectivity index (χ1n) is 8.31. The second kappa shape index (κ2) is 7.59. The van der Waals surface area contributed by atoms with E-state index in [1.54, 1.807) is 13.8 Å². The van der Waals surface area contributed by atoms with Crippen LogP contribution >= 0.6 is 22.9 Å². The summed E-state index contributed by atoms with van der Waals surface area (Å²) in [6.45, 7) is 4.21. The molecule has 26 heavy (non-hydrogen) atoms. The molecule has 0 unspecified atom stereocenters. The zero-order valence-electron chi connectivity index (χ0n) is 14.4. The molecule has 10 heteroatoms. The van der Waals surface area contributed by atoms with Crippen LogP contribution in [0.3, 0.4) is 0 Å². The Hall–Kier alpha value is -1.55. The number of carbonyl (C=O) groups excluding carboxylic acids is 1. The van der Waals surface area contributed by atoms with Crippen LogP contribution in [0.2, 0.25) is 5.02 Å². The van der Waals surface area contributed by atoms with Gasteiger partial charge in [0.25, 0.3) is 5.91 Å². The van der Waals surface area contributed by atoms with E-state index in [1.165, 1.54) is 33.8 Å². The number of anilines is 1. The van der Waals surface area contributed by atoms with Gasteiger partial charge in [0.15, 0.2) is 0 Å². The van der Waals surface area contributed by atoms with Crippen molar-refractivity contribution in [1.29, 1.82) is 0 Å². The van der Waals surface area contributed by atoms with Gasteiger partial charge in [0.1, 0.15) is 5.01 Å². The van der Waals surface area contributed by atoms with Crippen molar-refractivity contribution in [2.24, 2.45) is 0 Å². The van der Waals surface area contributed by atoms with Gasteiger partial charge in [-0.1, -0.05) is 36.8 Å². The quantitative estimate of drug-likeness (QED) is 0.749. The number of rotatable bonds is 7. The number of amides is 1. The van der Waals surface area contributed by atoms with Crippen LogP contribution in [0.15, 0.2) is 23.1 Å². The molecule has 0 aliphatic heterocycles. The van der Waals surface area contributed by atoms with E-state index in [-0.39, 0.29) is 15.5 Å². The maximum Gasteiger partial charge on any atom is 0.259 e. The third-order valence-corrected chi connectivity index (χ3v) is 7.49. The maximum atomic E-state index is 12.7. The van der Waals surface area contributed by atoms with Gasteiger partial charge in [-0.05, 0) is 31.0 Å². The van der Waals surface area contributed by atoms with E-state index >= 15 is 0 Å². The molecule has 2 aromatic rings. The molecule has 140 valence electrons. The predicted octanol–water partition coefficient (Wildman–Crippen LogP) is 3.35. The first kappa shape index (κ1) is 19.2. The SMILES string of the molecule is CCN(CC)S(=O)(=O)c1ccc(Cl)c(C(=O)Nc2nnc(C3CC3)s2)c1. The van der Waals surface area contributed by atoms with Crippen molar-refractivity contribution in [2.45, 2.75) is 37.5 Å². The molecule has 1 aromatic heterocycles. The van der Waals surface area contributed by atoms with E-state index < -0.39 is 15.9 Å². The Morgan fingerprint density at radius 1 is 1.31 bits per heavy atom. The lowest BCUT2D eigenvalue weighted by atomic mass is 10.2. The largest absolute Gasteiger partial charge is 0.296 e. The fraction of sp³-hybridized carbons (Fsp3) is 0.438. The Morgan fingerprint density at radius 2 is 2.00 bits per heavy atom. The van der Waals surface area contributed by atoms with Crippen LogP contribution in [0.1, 0.15) is 48.0 Å². The van der Waals surface area contributed by atoms with Crippen molar-refractivity contribution in [2.75, 3.05) is 18.4 Å². The van der Waals surface area contributed by atoms with E-state index in [2.05, 4.69) is 15.5 Å². The lowest BCUT2D eigenvalue weighted by molar-refractivity contribution is 0.102. The Labute approximate surface area is 161 Å². The van der Waals surface area contributed by atoms with E-state index in [0.29, 0.717) is 24.1 Å². The molecular weight excluding hydrogens is 396 g/mol. The minimum Gasteiger partial charge on any atom is -0.296 e. The summed E-state index contributed by atoms with van der Waals surface area (Å²) in [7, 11) is -3.68. The molecule has 0 saturated heterocycles. The van der Waals surface area contributed by atoms with Gasteiger partial charge in [-0.3, -0.25) is 10.1 Å². The van der Waals surface area contributed by atoms with Gasteiger partial charge in [-0.15, -0.1) is 10.2 Å². The highest BCUT2D eigenvalue weighted by Crippen LogP contribution is 2.42. The monoisotopic (exact) mass is 414 g/mol. The number of benzene rings is 1. The first-order valence-corrected chi connectivity index (χ1v) is 10.9. The Morgan fingerprint density at radius 3 is 2.62 bits per heavy atom. The summed E-state index contributed by atoms with van der Waals surface area (Å²) in [6.07, 6.45) is 2.19. The summed E-state index contributed by atoms with van der Waals surface area (Å²) in [6, 6.07) is 4.12. The number of aromatic nitrogens is 2. The molecule has 1 amide bonds. The van der Waals surface area contributed by atoms with Crippen molar-refractivity contribution in [1.82, 2.24) is 14.5 Å². The van der Waals surface area contributed by atoms with Gasteiger partial charge in [0.05, 0.1) is 15.5 Å². The standard InChI is InChI=1S/C16H19ClN4O3S2/c1-3-21(4-2)26(23,24)11-7-8-13(17)12(9-11)14(22)18-16-20-19-15(25-16)10-5-6-10/h7-10H,3-6H2,1-2H3,(H,18,20,22). The minimum atomic E-state index is -3.68. The average molecular weight is 415 g/mol. The molecule has 1 saturated carbocycles. The van der Waals surface area contributed by atoms with Gasteiger partial charge in [0.2, 0.25) is 15.2 Å². The van der Waals surface area contributed by atoms with E-state index in [1.807, 2.05) is 0 Å². The molecule has 7 nitrogen and oxygen atoms in total. The van der Waals surface area contributed by atoms with Crippen LogP contribution in [0.25, 0.3) is 0 Å². The summed E-state index contributed by atoms with van der Waals surface area (Å²) in [5.74, 6) is -0.0608. The third-order valence-electron chi connectivity index (χ3n) is 4.11. The van der Waals surface area contributed by atoms with Crippen molar-refractivity contribution in [3.63, 3.8) is 0 Å². The van der Waals surface area contributed by atoms with Gasteiger partial charge in [-0.2, -0.15) is 4.31 Å². The fourth-order valence-corrected chi connectivity index (χ4v) is 5.09. The van der Waals surface area contributed by atoms with Gasteiger partial charge >= 0.3 is 0 Å². The number of nitrogens with one attached hydrogen (secondary N) is 1. The number of sulfonamides is 1. The molecule has 0 radical (unpaired) electrons. The molecule has 1 aromatic carbocycles. The molecule has 1 aliphatic rings. The van der Waals surface area contributed by atoms with Crippen molar-refractivity contribution < 1.29 is 13.2 Å². The summed E-state index contributed by atoms with van der Waals surface area (Å²) in [5, 5.41) is 12.1. The molecule has 0 spiro atoms. The minimum absolute atomic E-state index is 0.0340. The lowest BCUT2D eigenvalue weighted by Gasteiger charge is -2.19. The molecular formula is C16H19ClN4O3S2. The summed E-state index contributed by atoms with van der Waals surface area (Å²) < 4.78 is 26.6. The van der Waals surface area contributed by atoms with E-state index in [4.69, 9.17) is 11.6 Å². The molecule has 3 rings (SSSR count). The second-order valence-electron chi connectivity index (χ2n) is 5.90. The Bertz CT molecular complexity index is 921. The second-order valence-corrected chi connectivity index (χ2v) is 9.26. The fourth-order valence-electron chi connectivity index (χ4n) is 2.50. The molecule has 0 atom stereocenters. The van der Waals surface area contributed by atoms with Crippen LogP contribution in [-0.2, 0) is 10.0 Å². The number of halogens is 1. The summed E-state index contributed by atoms with van der Waals surface area (Å²) in [4.78, 5) is 12.6.